The lowest BCUT2D eigenvalue weighted by Gasteiger charge is -2.23. The minimum Gasteiger partial charge on any atom is -0.495 e. The number of hydrogen-bond acceptors (Lipinski definition) is 4. The van der Waals surface area contributed by atoms with E-state index in [0.29, 0.717) is 17.0 Å². The Balaban J connectivity index is 2.90. The topological polar surface area (TPSA) is 84.6 Å². The first-order valence-corrected chi connectivity index (χ1v) is 5.26. The van der Waals surface area contributed by atoms with E-state index in [4.69, 9.17) is 15.6 Å². The van der Waals surface area contributed by atoms with Crippen molar-refractivity contribution in [1.82, 2.24) is 5.32 Å². The van der Waals surface area contributed by atoms with Crippen molar-refractivity contribution < 1.29 is 14.6 Å². The molecule has 0 fully saturated rings. The van der Waals surface area contributed by atoms with E-state index < -0.39 is 5.54 Å². The van der Waals surface area contributed by atoms with Crippen LogP contribution in [-0.2, 0) is 0 Å². The van der Waals surface area contributed by atoms with E-state index in [0.717, 1.165) is 0 Å². The SMILES string of the molecule is COc1cc(C(=O)NC(C)(C)CO)ccc1N. The average Bonchev–Trinajstić information content (AvgIpc) is 2.29. The fraction of sp³-hybridized carbons (Fsp3) is 0.417. The second kappa shape index (κ2) is 5.05. The Hall–Kier alpha value is -1.75. The molecule has 0 saturated carbocycles. The van der Waals surface area contributed by atoms with Crippen molar-refractivity contribution >= 4 is 11.6 Å². The molecule has 0 atom stereocenters. The third-order valence-corrected chi connectivity index (χ3v) is 2.34. The molecule has 0 unspecified atom stereocenters. The Morgan fingerprint density at radius 2 is 2.18 bits per heavy atom. The summed E-state index contributed by atoms with van der Waals surface area (Å²) in [4.78, 5) is 11.9. The molecule has 17 heavy (non-hydrogen) atoms. The Morgan fingerprint density at radius 1 is 1.53 bits per heavy atom. The van der Waals surface area contributed by atoms with Gasteiger partial charge in [0.15, 0.2) is 0 Å². The number of nitrogens with two attached hydrogens (primary N) is 1. The van der Waals surface area contributed by atoms with Crippen molar-refractivity contribution in [3.05, 3.63) is 23.8 Å². The summed E-state index contributed by atoms with van der Waals surface area (Å²) in [6.07, 6.45) is 0. The van der Waals surface area contributed by atoms with Crippen LogP contribution in [0.3, 0.4) is 0 Å². The number of nitrogens with one attached hydrogen (secondary N) is 1. The third kappa shape index (κ3) is 3.35. The number of hydrogen-bond donors (Lipinski definition) is 3. The Kier molecular flexibility index (Phi) is 3.96. The van der Waals surface area contributed by atoms with Gasteiger partial charge in [-0.05, 0) is 32.0 Å². The molecular formula is C12H18N2O3. The van der Waals surface area contributed by atoms with E-state index in [-0.39, 0.29) is 12.5 Å². The molecular weight excluding hydrogens is 220 g/mol. The summed E-state index contributed by atoms with van der Waals surface area (Å²) in [6, 6.07) is 4.79. The highest BCUT2D eigenvalue weighted by molar-refractivity contribution is 5.95. The van der Waals surface area contributed by atoms with Crippen LogP contribution in [-0.4, -0.2) is 30.3 Å². The maximum atomic E-state index is 11.9. The van der Waals surface area contributed by atoms with Gasteiger partial charge in [0, 0.05) is 5.56 Å². The molecule has 0 spiro atoms. The zero-order chi connectivity index (χ0) is 13.1. The number of rotatable bonds is 4. The first-order chi connectivity index (χ1) is 7.89. The van der Waals surface area contributed by atoms with E-state index in [1.165, 1.54) is 7.11 Å². The summed E-state index contributed by atoms with van der Waals surface area (Å²) >= 11 is 0. The van der Waals surface area contributed by atoms with Crippen LogP contribution in [0.4, 0.5) is 5.69 Å². The number of methoxy groups -OCH3 is 1. The lowest BCUT2D eigenvalue weighted by atomic mass is 10.1. The summed E-state index contributed by atoms with van der Waals surface area (Å²) in [5.74, 6) is 0.182. The number of carbonyl (C=O) groups excluding carboxylic acids is 1. The summed E-state index contributed by atoms with van der Waals surface area (Å²) in [5, 5.41) is 11.8. The molecule has 0 aliphatic carbocycles. The molecule has 1 amide bonds. The number of carbonyl (C=O) groups is 1. The fourth-order valence-electron chi connectivity index (χ4n) is 1.27. The number of ether oxygens (including phenoxy) is 1. The van der Waals surface area contributed by atoms with E-state index in [9.17, 15) is 4.79 Å². The third-order valence-electron chi connectivity index (χ3n) is 2.34. The number of amides is 1. The van der Waals surface area contributed by atoms with Crippen LogP contribution >= 0.6 is 0 Å². The zero-order valence-electron chi connectivity index (χ0n) is 10.3. The first-order valence-electron chi connectivity index (χ1n) is 5.26. The Bertz CT molecular complexity index is 416. The molecule has 0 aliphatic rings. The van der Waals surface area contributed by atoms with Gasteiger partial charge >= 0.3 is 0 Å². The van der Waals surface area contributed by atoms with E-state index >= 15 is 0 Å². The quantitative estimate of drug-likeness (QED) is 0.677. The monoisotopic (exact) mass is 238 g/mol. The first kappa shape index (κ1) is 13.3. The predicted octanol–water partition coefficient (Wildman–Crippen LogP) is 0.778. The van der Waals surface area contributed by atoms with Gasteiger partial charge in [-0.25, -0.2) is 0 Å². The number of aliphatic hydroxyl groups is 1. The second-order valence-electron chi connectivity index (χ2n) is 4.45. The van der Waals surface area contributed by atoms with Crippen LogP contribution in [0.15, 0.2) is 18.2 Å². The van der Waals surface area contributed by atoms with Crippen molar-refractivity contribution in [2.45, 2.75) is 19.4 Å². The molecule has 0 aliphatic heterocycles. The normalized spacial score (nSPS) is 11.1. The zero-order valence-corrected chi connectivity index (χ0v) is 10.3. The van der Waals surface area contributed by atoms with Crippen LogP contribution in [0, 0.1) is 0 Å². The lowest BCUT2D eigenvalue weighted by molar-refractivity contribution is 0.0869. The molecule has 94 valence electrons. The van der Waals surface area contributed by atoms with Crippen molar-refractivity contribution in [3.63, 3.8) is 0 Å². The summed E-state index contributed by atoms with van der Waals surface area (Å²) in [7, 11) is 1.49. The second-order valence-corrected chi connectivity index (χ2v) is 4.45. The number of anilines is 1. The van der Waals surface area contributed by atoms with Gasteiger partial charge in [0.05, 0.1) is 24.9 Å². The minimum atomic E-state index is -0.661. The fourth-order valence-corrected chi connectivity index (χ4v) is 1.27. The van der Waals surface area contributed by atoms with Crippen molar-refractivity contribution in [2.24, 2.45) is 0 Å². The molecule has 1 rings (SSSR count). The smallest absolute Gasteiger partial charge is 0.251 e. The highest BCUT2D eigenvalue weighted by Gasteiger charge is 2.20. The van der Waals surface area contributed by atoms with Crippen molar-refractivity contribution in [3.8, 4) is 5.75 Å². The molecule has 0 heterocycles. The van der Waals surface area contributed by atoms with Crippen molar-refractivity contribution in [1.29, 1.82) is 0 Å². The molecule has 1 aromatic rings. The van der Waals surface area contributed by atoms with Gasteiger partial charge < -0.3 is 20.9 Å². The molecule has 1 aromatic carbocycles. The van der Waals surface area contributed by atoms with Crippen LogP contribution in [0.1, 0.15) is 24.2 Å². The number of nitrogen functional groups attached to an aromatic ring is 1. The average molecular weight is 238 g/mol. The minimum absolute atomic E-state index is 0.134. The van der Waals surface area contributed by atoms with E-state index in [1.54, 1.807) is 32.0 Å². The van der Waals surface area contributed by atoms with E-state index in [1.807, 2.05) is 0 Å². The highest BCUT2D eigenvalue weighted by Crippen LogP contribution is 2.22. The molecule has 0 radical (unpaired) electrons. The number of aliphatic hydroxyl groups excluding tert-OH is 1. The lowest BCUT2D eigenvalue weighted by Crippen LogP contribution is -2.46. The van der Waals surface area contributed by atoms with Gasteiger partial charge in [-0.3, -0.25) is 4.79 Å². The maximum Gasteiger partial charge on any atom is 0.251 e. The molecule has 0 bridgehead atoms. The molecule has 4 N–H and O–H groups in total. The van der Waals surface area contributed by atoms with Gasteiger partial charge in [-0.2, -0.15) is 0 Å². The maximum absolute atomic E-state index is 11.9. The van der Waals surface area contributed by atoms with Crippen molar-refractivity contribution in [2.75, 3.05) is 19.5 Å². The highest BCUT2D eigenvalue weighted by atomic mass is 16.5. The molecule has 0 aromatic heterocycles. The largest absolute Gasteiger partial charge is 0.495 e. The summed E-state index contributed by atoms with van der Waals surface area (Å²) in [5.41, 5.74) is 5.92. The summed E-state index contributed by atoms with van der Waals surface area (Å²) in [6.45, 7) is 3.34. The van der Waals surface area contributed by atoms with Crippen LogP contribution < -0.4 is 15.8 Å². The molecule has 5 nitrogen and oxygen atoms in total. The number of benzene rings is 1. The van der Waals surface area contributed by atoms with Gasteiger partial charge in [-0.1, -0.05) is 0 Å². The van der Waals surface area contributed by atoms with Crippen LogP contribution in [0.5, 0.6) is 5.75 Å². The van der Waals surface area contributed by atoms with Gasteiger partial charge in [0.1, 0.15) is 5.75 Å². The van der Waals surface area contributed by atoms with E-state index in [2.05, 4.69) is 5.32 Å². The van der Waals surface area contributed by atoms with Gasteiger partial charge in [0.2, 0.25) is 0 Å². The molecule has 5 heteroatoms. The predicted molar refractivity (Wildman–Crippen MR) is 66.0 cm³/mol. The van der Waals surface area contributed by atoms with Crippen LogP contribution in [0.2, 0.25) is 0 Å². The van der Waals surface area contributed by atoms with Gasteiger partial charge in [0.25, 0.3) is 5.91 Å². The standard InChI is InChI=1S/C12H18N2O3/c1-12(2,7-15)14-11(16)8-4-5-9(13)10(6-8)17-3/h4-6,15H,7,13H2,1-3H3,(H,14,16). The molecule has 0 saturated heterocycles. The Labute approximate surface area is 101 Å². The Morgan fingerprint density at radius 3 is 2.71 bits per heavy atom. The van der Waals surface area contributed by atoms with Crippen LogP contribution in [0.25, 0.3) is 0 Å². The van der Waals surface area contributed by atoms with Gasteiger partial charge in [-0.15, -0.1) is 0 Å². The summed E-state index contributed by atoms with van der Waals surface area (Å²) < 4.78 is 5.04.